The fraction of sp³-hybridized carbons (Fsp3) is 0.643. The summed E-state index contributed by atoms with van der Waals surface area (Å²) in [4.78, 5) is 22.6. The first kappa shape index (κ1) is 17.4. The van der Waals surface area contributed by atoms with E-state index in [-0.39, 0.29) is 30.7 Å². The normalized spacial score (nSPS) is 32.0. The summed E-state index contributed by atoms with van der Waals surface area (Å²) in [7, 11) is 0. The van der Waals surface area contributed by atoms with Crippen LogP contribution in [0.2, 0.25) is 0 Å². The standard InChI is InChI=1S/C14H19N5O.2ClH/c20-14(18-13-7-15-3-4-17-13)8-19-11-1-2-12(19)10-6-16-5-9(10)11;;/h3-4,7,9-12,16H,1-2,5-6,8H2,(H,17,18,20);2*1H/t9-,10+,11-,12+;;. The second-order valence-corrected chi connectivity index (χ2v) is 6.01. The van der Waals surface area contributed by atoms with Crippen LogP contribution in [0.4, 0.5) is 5.82 Å². The van der Waals surface area contributed by atoms with Gasteiger partial charge in [0.15, 0.2) is 5.82 Å². The molecule has 4 heterocycles. The van der Waals surface area contributed by atoms with E-state index in [9.17, 15) is 4.79 Å². The summed E-state index contributed by atoms with van der Waals surface area (Å²) in [6.45, 7) is 2.72. The predicted molar refractivity (Wildman–Crippen MR) is 88.5 cm³/mol. The molecule has 0 spiro atoms. The van der Waals surface area contributed by atoms with E-state index >= 15 is 0 Å². The molecule has 3 fully saturated rings. The zero-order valence-electron chi connectivity index (χ0n) is 12.1. The summed E-state index contributed by atoms with van der Waals surface area (Å²) in [6, 6.07) is 1.18. The minimum absolute atomic E-state index is 0. The molecule has 122 valence electrons. The largest absolute Gasteiger partial charge is 0.316 e. The Morgan fingerprint density at radius 1 is 1.23 bits per heavy atom. The molecule has 0 aliphatic carbocycles. The first-order valence-electron chi connectivity index (χ1n) is 7.35. The Hall–Kier alpha value is -0.950. The Kier molecular flexibility index (Phi) is 5.60. The molecule has 0 aromatic carbocycles. The van der Waals surface area contributed by atoms with Gasteiger partial charge in [-0.05, 0) is 37.8 Å². The Bertz CT molecular complexity index is 499. The third-order valence-electron chi connectivity index (χ3n) is 5.07. The second kappa shape index (κ2) is 7.08. The minimum atomic E-state index is 0. The number of anilines is 1. The monoisotopic (exact) mass is 345 g/mol. The van der Waals surface area contributed by atoms with Gasteiger partial charge in [0.1, 0.15) is 0 Å². The summed E-state index contributed by atoms with van der Waals surface area (Å²) in [6.07, 6.45) is 7.25. The van der Waals surface area contributed by atoms with Crippen LogP contribution in [0.15, 0.2) is 18.6 Å². The second-order valence-electron chi connectivity index (χ2n) is 6.01. The fourth-order valence-corrected chi connectivity index (χ4v) is 4.35. The highest BCUT2D eigenvalue weighted by molar-refractivity contribution is 5.91. The van der Waals surface area contributed by atoms with Crippen molar-refractivity contribution < 1.29 is 4.79 Å². The summed E-state index contributed by atoms with van der Waals surface area (Å²) in [5, 5.41) is 6.33. The molecule has 4 rings (SSSR count). The molecule has 6 nitrogen and oxygen atoms in total. The number of aromatic nitrogens is 2. The zero-order chi connectivity index (χ0) is 13.5. The maximum absolute atomic E-state index is 12.2. The predicted octanol–water partition coefficient (Wildman–Crippen LogP) is 0.941. The molecular formula is C14H21Cl2N5O. The summed E-state index contributed by atoms with van der Waals surface area (Å²) < 4.78 is 0. The van der Waals surface area contributed by atoms with Crippen molar-refractivity contribution >= 4 is 36.5 Å². The van der Waals surface area contributed by atoms with Gasteiger partial charge < -0.3 is 10.6 Å². The average molecular weight is 346 g/mol. The molecule has 1 aromatic rings. The maximum Gasteiger partial charge on any atom is 0.239 e. The van der Waals surface area contributed by atoms with Crippen molar-refractivity contribution in [3.05, 3.63) is 18.6 Å². The van der Waals surface area contributed by atoms with Crippen molar-refractivity contribution in [3.8, 4) is 0 Å². The van der Waals surface area contributed by atoms with Gasteiger partial charge in [0.05, 0.1) is 12.7 Å². The molecule has 0 radical (unpaired) electrons. The van der Waals surface area contributed by atoms with Crippen LogP contribution in [0.5, 0.6) is 0 Å². The van der Waals surface area contributed by atoms with Crippen LogP contribution >= 0.6 is 24.8 Å². The lowest BCUT2D eigenvalue weighted by Gasteiger charge is -2.23. The number of hydrogen-bond donors (Lipinski definition) is 2. The molecule has 3 saturated heterocycles. The molecule has 0 unspecified atom stereocenters. The molecule has 8 heteroatoms. The van der Waals surface area contributed by atoms with Gasteiger partial charge in [-0.1, -0.05) is 0 Å². The third kappa shape index (κ3) is 2.93. The SMILES string of the molecule is Cl.Cl.O=C(CN1[C@@H]2CC[C@H]1[C@H]1CNC[C@H]12)Nc1cnccn1. The number of hydrogen-bond acceptors (Lipinski definition) is 5. The summed E-state index contributed by atoms with van der Waals surface area (Å²) >= 11 is 0. The van der Waals surface area contributed by atoms with Gasteiger partial charge in [0, 0.05) is 24.5 Å². The van der Waals surface area contributed by atoms with Crippen molar-refractivity contribution in [2.75, 3.05) is 25.0 Å². The number of nitrogens with one attached hydrogen (secondary N) is 2. The summed E-state index contributed by atoms with van der Waals surface area (Å²) in [5.74, 6) is 2.05. The van der Waals surface area contributed by atoms with E-state index < -0.39 is 0 Å². The number of nitrogens with zero attached hydrogens (tertiary/aromatic N) is 3. The lowest BCUT2D eigenvalue weighted by Crippen LogP contribution is -2.40. The van der Waals surface area contributed by atoms with Crippen LogP contribution in [0.3, 0.4) is 0 Å². The van der Waals surface area contributed by atoms with Gasteiger partial charge >= 0.3 is 0 Å². The highest BCUT2D eigenvalue weighted by Gasteiger charge is 2.54. The number of carbonyl (C=O) groups is 1. The van der Waals surface area contributed by atoms with Crippen molar-refractivity contribution in [3.63, 3.8) is 0 Å². The molecule has 2 bridgehead atoms. The van der Waals surface area contributed by atoms with Crippen molar-refractivity contribution in [2.24, 2.45) is 11.8 Å². The van der Waals surface area contributed by atoms with Crippen LogP contribution in [0.1, 0.15) is 12.8 Å². The molecule has 2 N–H and O–H groups in total. The van der Waals surface area contributed by atoms with E-state index in [1.807, 2.05) is 0 Å². The smallest absolute Gasteiger partial charge is 0.239 e. The van der Waals surface area contributed by atoms with Crippen molar-refractivity contribution in [1.29, 1.82) is 0 Å². The lowest BCUT2D eigenvalue weighted by molar-refractivity contribution is -0.117. The van der Waals surface area contributed by atoms with E-state index in [0.29, 0.717) is 24.4 Å². The summed E-state index contributed by atoms with van der Waals surface area (Å²) in [5.41, 5.74) is 0. The Morgan fingerprint density at radius 3 is 2.50 bits per heavy atom. The number of rotatable bonds is 3. The Labute approximate surface area is 142 Å². The molecule has 3 aliphatic heterocycles. The van der Waals surface area contributed by atoms with Crippen LogP contribution in [-0.4, -0.2) is 52.5 Å². The van der Waals surface area contributed by atoms with Gasteiger partial charge in [-0.2, -0.15) is 0 Å². The van der Waals surface area contributed by atoms with E-state index in [4.69, 9.17) is 0 Å². The van der Waals surface area contributed by atoms with Gasteiger partial charge in [-0.25, -0.2) is 4.98 Å². The van der Waals surface area contributed by atoms with Crippen molar-refractivity contribution in [1.82, 2.24) is 20.2 Å². The highest BCUT2D eigenvalue weighted by atomic mass is 35.5. The molecule has 1 aromatic heterocycles. The molecule has 22 heavy (non-hydrogen) atoms. The van der Waals surface area contributed by atoms with Gasteiger partial charge in [-0.15, -0.1) is 24.8 Å². The first-order chi connectivity index (χ1) is 9.83. The number of halogens is 2. The van der Waals surface area contributed by atoms with Crippen LogP contribution in [0, 0.1) is 11.8 Å². The topological polar surface area (TPSA) is 70.2 Å². The van der Waals surface area contributed by atoms with E-state index in [2.05, 4.69) is 25.5 Å². The third-order valence-corrected chi connectivity index (χ3v) is 5.07. The van der Waals surface area contributed by atoms with Gasteiger partial charge in [0.2, 0.25) is 5.91 Å². The molecule has 0 saturated carbocycles. The minimum Gasteiger partial charge on any atom is -0.316 e. The van der Waals surface area contributed by atoms with Crippen LogP contribution < -0.4 is 10.6 Å². The molecule has 3 aliphatic rings. The van der Waals surface area contributed by atoms with Gasteiger partial charge in [-0.3, -0.25) is 14.7 Å². The molecular weight excluding hydrogens is 325 g/mol. The fourth-order valence-electron chi connectivity index (χ4n) is 4.35. The molecule has 1 amide bonds. The zero-order valence-corrected chi connectivity index (χ0v) is 13.8. The lowest BCUT2D eigenvalue weighted by atomic mass is 9.82. The number of carbonyl (C=O) groups excluding carboxylic acids is 1. The van der Waals surface area contributed by atoms with E-state index in [0.717, 1.165) is 24.9 Å². The van der Waals surface area contributed by atoms with Crippen molar-refractivity contribution in [2.45, 2.75) is 24.9 Å². The molecule has 4 atom stereocenters. The van der Waals surface area contributed by atoms with Gasteiger partial charge in [0.25, 0.3) is 0 Å². The number of amides is 1. The van der Waals surface area contributed by atoms with Crippen LogP contribution in [0.25, 0.3) is 0 Å². The highest BCUT2D eigenvalue weighted by Crippen LogP contribution is 2.46. The average Bonchev–Trinajstić information content (AvgIpc) is 3.12. The Morgan fingerprint density at radius 2 is 1.91 bits per heavy atom. The Balaban J connectivity index is 0.000000882. The van der Waals surface area contributed by atoms with Crippen LogP contribution in [-0.2, 0) is 4.79 Å². The maximum atomic E-state index is 12.2. The van der Waals surface area contributed by atoms with E-state index in [1.54, 1.807) is 18.6 Å². The first-order valence-corrected chi connectivity index (χ1v) is 7.35. The quantitative estimate of drug-likeness (QED) is 0.853. The number of fused-ring (bicyclic) bond motifs is 5. The van der Waals surface area contributed by atoms with E-state index in [1.165, 1.54) is 12.8 Å².